The maximum atomic E-state index is 12.8. The summed E-state index contributed by atoms with van der Waals surface area (Å²) < 4.78 is 17.4. The number of allylic oxidation sites excluding steroid dienone is 8. The first-order valence-electron chi connectivity index (χ1n) is 26.2. The van der Waals surface area contributed by atoms with E-state index in [0.717, 1.165) is 77.0 Å². The average Bonchev–Trinajstić information content (AvgIpc) is 3.25. The van der Waals surface area contributed by atoms with Gasteiger partial charge in [0.2, 0.25) is 0 Å². The van der Waals surface area contributed by atoms with Gasteiger partial charge in [-0.15, -0.1) is 0 Å². The van der Waals surface area contributed by atoms with Gasteiger partial charge in [-0.3, -0.25) is 9.59 Å². The molecule has 0 aromatic carbocycles. The molecular weight excluding hydrogens is 741 g/mol. The van der Waals surface area contributed by atoms with Crippen molar-refractivity contribution in [1.29, 1.82) is 0 Å². The van der Waals surface area contributed by atoms with Gasteiger partial charge in [0.05, 0.1) is 6.61 Å². The van der Waals surface area contributed by atoms with Crippen molar-refractivity contribution in [2.24, 2.45) is 0 Å². The van der Waals surface area contributed by atoms with Gasteiger partial charge in [-0.2, -0.15) is 0 Å². The number of carbonyl (C=O) groups is 2. The summed E-state index contributed by atoms with van der Waals surface area (Å²) >= 11 is 0. The summed E-state index contributed by atoms with van der Waals surface area (Å²) in [6.45, 7) is 7.80. The third kappa shape index (κ3) is 48.5. The zero-order valence-corrected chi connectivity index (χ0v) is 40.2. The second-order valence-electron chi connectivity index (χ2n) is 17.4. The second kappa shape index (κ2) is 51.2. The number of carbonyl (C=O) groups excluding carboxylic acids is 2. The minimum atomic E-state index is -0.542. The van der Waals surface area contributed by atoms with Crippen LogP contribution in [0.1, 0.15) is 265 Å². The van der Waals surface area contributed by atoms with Gasteiger partial charge in [0, 0.05) is 19.4 Å². The van der Waals surface area contributed by atoms with Crippen molar-refractivity contribution >= 4 is 11.9 Å². The van der Waals surface area contributed by atoms with Gasteiger partial charge in [0.25, 0.3) is 0 Å². The lowest BCUT2D eigenvalue weighted by Gasteiger charge is -2.18. The maximum absolute atomic E-state index is 12.8. The Bertz CT molecular complexity index is 997. The molecule has 0 N–H and O–H groups in total. The number of esters is 2. The fourth-order valence-corrected chi connectivity index (χ4v) is 7.39. The Morgan fingerprint density at radius 2 is 0.700 bits per heavy atom. The number of unbranched alkanes of at least 4 members (excludes halogenated alkanes) is 29. The van der Waals surface area contributed by atoms with Crippen molar-refractivity contribution in [2.45, 2.75) is 271 Å². The molecule has 5 heteroatoms. The van der Waals surface area contributed by atoms with Crippen molar-refractivity contribution < 1.29 is 23.8 Å². The second-order valence-corrected chi connectivity index (χ2v) is 17.4. The first-order valence-corrected chi connectivity index (χ1v) is 26.2. The molecule has 0 spiro atoms. The molecular formula is C55H100O5. The first kappa shape index (κ1) is 57.9. The zero-order valence-electron chi connectivity index (χ0n) is 40.2. The molecule has 1 unspecified atom stereocenters. The lowest BCUT2D eigenvalue weighted by atomic mass is 10.1. The van der Waals surface area contributed by atoms with Crippen LogP contribution in [0.25, 0.3) is 0 Å². The third-order valence-corrected chi connectivity index (χ3v) is 11.3. The molecule has 0 aromatic heterocycles. The quantitative estimate of drug-likeness (QED) is 0.0347. The molecule has 0 saturated carbocycles. The highest BCUT2D eigenvalue weighted by Crippen LogP contribution is 2.14. The molecule has 0 heterocycles. The SMILES string of the molecule is CCCCC/C=C\C/C=C\C/C=C\CCCCCCCCC(=O)OCC(COCCCCCCCCCCCC)OC(=O)CCCCCCC/C=C\CCCCCCCC. The number of ether oxygens (including phenoxy) is 3. The van der Waals surface area contributed by atoms with Gasteiger partial charge in [-0.1, -0.05) is 217 Å². The van der Waals surface area contributed by atoms with E-state index in [1.165, 1.54) is 154 Å². The van der Waals surface area contributed by atoms with Crippen molar-refractivity contribution in [3.05, 3.63) is 48.6 Å². The van der Waals surface area contributed by atoms with Gasteiger partial charge in [-0.25, -0.2) is 0 Å². The van der Waals surface area contributed by atoms with Crippen LogP contribution < -0.4 is 0 Å². The van der Waals surface area contributed by atoms with E-state index in [2.05, 4.69) is 69.4 Å². The molecule has 0 radical (unpaired) electrons. The van der Waals surface area contributed by atoms with Crippen LogP contribution in [0.15, 0.2) is 48.6 Å². The Balaban J connectivity index is 4.23. The monoisotopic (exact) mass is 841 g/mol. The van der Waals surface area contributed by atoms with Crippen LogP contribution in [0.2, 0.25) is 0 Å². The standard InChI is InChI=1S/C55H100O5/c1-4-7-10-13-16-19-22-24-26-27-28-29-31-32-34-36-39-42-45-48-54(56)59-52-53(51-58-50-47-44-41-38-21-18-15-12-9-6-3)60-55(57)49-46-43-40-37-35-33-30-25-23-20-17-14-11-8-5-2/h16,19,24-26,28-30,53H,4-15,17-18,20-23,27,31-52H2,1-3H3/b19-16-,26-24-,29-28-,30-25-. The smallest absolute Gasteiger partial charge is 0.306 e. The summed E-state index contributed by atoms with van der Waals surface area (Å²) in [4.78, 5) is 25.4. The highest BCUT2D eigenvalue weighted by Gasteiger charge is 2.17. The molecule has 0 aliphatic rings. The minimum Gasteiger partial charge on any atom is -0.462 e. The summed E-state index contributed by atoms with van der Waals surface area (Å²) in [6, 6.07) is 0. The predicted octanol–water partition coefficient (Wildman–Crippen LogP) is 17.6. The summed E-state index contributed by atoms with van der Waals surface area (Å²) in [5.74, 6) is -0.412. The van der Waals surface area contributed by atoms with Crippen LogP contribution in [0, 0.1) is 0 Å². The highest BCUT2D eigenvalue weighted by molar-refractivity contribution is 5.70. The molecule has 0 aromatic rings. The third-order valence-electron chi connectivity index (χ3n) is 11.3. The Labute approximate surface area is 373 Å². The Hall–Kier alpha value is -2.14. The molecule has 5 nitrogen and oxygen atoms in total. The minimum absolute atomic E-state index is 0.0778. The van der Waals surface area contributed by atoms with E-state index in [9.17, 15) is 9.59 Å². The molecule has 0 saturated heterocycles. The molecule has 0 amide bonds. The Morgan fingerprint density at radius 1 is 0.367 bits per heavy atom. The van der Waals surface area contributed by atoms with Crippen LogP contribution >= 0.6 is 0 Å². The summed E-state index contributed by atoms with van der Waals surface area (Å²) in [6.07, 6.45) is 62.5. The predicted molar refractivity (Wildman–Crippen MR) is 261 cm³/mol. The summed E-state index contributed by atoms with van der Waals surface area (Å²) in [7, 11) is 0. The lowest BCUT2D eigenvalue weighted by molar-refractivity contribution is -0.163. The topological polar surface area (TPSA) is 61.8 Å². The lowest BCUT2D eigenvalue weighted by Crippen LogP contribution is -2.30. The molecule has 0 rings (SSSR count). The van der Waals surface area contributed by atoms with Crippen molar-refractivity contribution in [3.63, 3.8) is 0 Å². The van der Waals surface area contributed by atoms with Crippen molar-refractivity contribution in [2.75, 3.05) is 19.8 Å². The van der Waals surface area contributed by atoms with E-state index in [1.54, 1.807) is 0 Å². The molecule has 0 bridgehead atoms. The average molecular weight is 841 g/mol. The van der Waals surface area contributed by atoms with E-state index >= 15 is 0 Å². The first-order chi connectivity index (χ1) is 29.6. The van der Waals surface area contributed by atoms with E-state index in [-0.39, 0.29) is 25.2 Å². The van der Waals surface area contributed by atoms with E-state index in [4.69, 9.17) is 14.2 Å². The number of hydrogen-bond acceptors (Lipinski definition) is 5. The normalized spacial score (nSPS) is 12.5. The number of rotatable bonds is 48. The summed E-state index contributed by atoms with van der Waals surface area (Å²) in [5, 5.41) is 0. The van der Waals surface area contributed by atoms with Crippen LogP contribution in [0.3, 0.4) is 0 Å². The van der Waals surface area contributed by atoms with Gasteiger partial charge in [-0.05, 0) is 83.5 Å². The zero-order chi connectivity index (χ0) is 43.5. The van der Waals surface area contributed by atoms with Gasteiger partial charge in [0.15, 0.2) is 6.10 Å². The van der Waals surface area contributed by atoms with E-state index in [1.807, 2.05) is 0 Å². The fraction of sp³-hybridized carbons (Fsp3) is 0.818. The van der Waals surface area contributed by atoms with Gasteiger partial charge in [0.1, 0.15) is 6.61 Å². The van der Waals surface area contributed by atoms with Crippen LogP contribution in [0.4, 0.5) is 0 Å². The largest absolute Gasteiger partial charge is 0.462 e. The van der Waals surface area contributed by atoms with Crippen LogP contribution in [-0.2, 0) is 23.8 Å². The van der Waals surface area contributed by atoms with Crippen molar-refractivity contribution in [1.82, 2.24) is 0 Å². The molecule has 1 atom stereocenters. The molecule has 0 aliphatic carbocycles. The Morgan fingerprint density at radius 3 is 1.17 bits per heavy atom. The van der Waals surface area contributed by atoms with Gasteiger partial charge < -0.3 is 14.2 Å². The molecule has 0 aliphatic heterocycles. The number of hydrogen-bond donors (Lipinski definition) is 0. The van der Waals surface area contributed by atoms with Crippen LogP contribution in [0.5, 0.6) is 0 Å². The highest BCUT2D eigenvalue weighted by atomic mass is 16.6. The maximum Gasteiger partial charge on any atom is 0.306 e. The van der Waals surface area contributed by atoms with Crippen molar-refractivity contribution in [3.8, 4) is 0 Å². The van der Waals surface area contributed by atoms with E-state index < -0.39 is 6.10 Å². The molecule has 0 fully saturated rings. The van der Waals surface area contributed by atoms with Crippen LogP contribution in [-0.4, -0.2) is 37.9 Å². The summed E-state index contributed by atoms with van der Waals surface area (Å²) in [5.41, 5.74) is 0. The molecule has 350 valence electrons. The van der Waals surface area contributed by atoms with Gasteiger partial charge >= 0.3 is 11.9 Å². The van der Waals surface area contributed by atoms with E-state index in [0.29, 0.717) is 19.4 Å². The fourth-order valence-electron chi connectivity index (χ4n) is 7.39. The molecule has 60 heavy (non-hydrogen) atoms. The Kier molecular flexibility index (Phi) is 49.4.